The van der Waals surface area contributed by atoms with Crippen molar-refractivity contribution in [2.45, 2.75) is 50.9 Å². The zero-order valence-electron chi connectivity index (χ0n) is 14.8. The van der Waals surface area contributed by atoms with Crippen LogP contribution in [0.15, 0.2) is 48.5 Å². The van der Waals surface area contributed by atoms with Crippen LogP contribution >= 0.6 is 0 Å². The van der Waals surface area contributed by atoms with E-state index in [0.29, 0.717) is 0 Å². The largest absolute Gasteiger partial charge is 0.403 e. The van der Waals surface area contributed by atoms with Crippen molar-refractivity contribution in [2.75, 3.05) is 0 Å². The van der Waals surface area contributed by atoms with Gasteiger partial charge in [-0.1, -0.05) is 54.1 Å². The minimum absolute atomic E-state index is 0.122. The van der Waals surface area contributed by atoms with Crippen molar-refractivity contribution < 1.29 is 26.3 Å². The second-order valence-electron chi connectivity index (χ2n) is 7.34. The molecule has 0 amide bonds. The van der Waals surface area contributed by atoms with Crippen molar-refractivity contribution in [2.24, 2.45) is 5.41 Å². The number of alkyl halides is 6. The average Bonchev–Trinajstić information content (AvgIpc) is 2.61. The Morgan fingerprint density at radius 3 is 1.52 bits per heavy atom. The predicted molar refractivity (Wildman–Crippen MR) is 92.4 cm³/mol. The van der Waals surface area contributed by atoms with Crippen molar-refractivity contribution in [3.05, 3.63) is 59.7 Å². The van der Waals surface area contributed by atoms with Gasteiger partial charge in [-0.15, -0.1) is 0 Å². The van der Waals surface area contributed by atoms with E-state index in [1.807, 2.05) is 55.5 Å². The van der Waals surface area contributed by atoms with Crippen LogP contribution in [-0.4, -0.2) is 12.4 Å². The van der Waals surface area contributed by atoms with E-state index in [-0.39, 0.29) is 18.8 Å². The molecule has 0 N–H and O–H groups in total. The van der Waals surface area contributed by atoms with Gasteiger partial charge in [0.25, 0.3) is 0 Å². The van der Waals surface area contributed by atoms with Gasteiger partial charge in [-0.05, 0) is 55.2 Å². The number of hydrogen-bond acceptors (Lipinski definition) is 0. The Balaban J connectivity index is 1.75. The number of rotatable bonds is 2. The van der Waals surface area contributed by atoms with Crippen LogP contribution in [0, 0.1) is 12.3 Å². The monoisotopic (exact) mass is 386 g/mol. The van der Waals surface area contributed by atoms with Gasteiger partial charge in [0, 0.05) is 0 Å². The first-order chi connectivity index (χ1) is 12.5. The molecule has 1 aliphatic carbocycles. The van der Waals surface area contributed by atoms with Gasteiger partial charge in [-0.2, -0.15) is 26.3 Å². The molecule has 0 radical (unpaired) electrons. The van der Waals surface area contributed by atoms with Crippen LogP contribution in [0.4, 0.5) is 26.3 Å². The molecule has 1 fully saturated rings. The quantitative estimate of drug-likeness (QED) is 0.471. The summed E-state index contributed by atoms with van der Waals surface area (Å²) in [6.45, 7) is 1.98. The van der Waals surface area contributed by atoms with Crippen LogP contribution < -0.4 is 0 Å². The molecule has 27 heavy (non-hydrogen) atoms. The van der Waals surface area contributed by atoms with Crippen LogP contribution in [0.2, 0.25) is 0 Å². The predicted octanol–water partition coefficient (Wildman–Crippen LogP) is 7.43. The molecule has 1 aliphatic rings. The van der Waals surface area contributed by atoms with Crippen LogP contribution in [-0.2, 0) is 0 Å². The van der Waals surface area contributed by atoms with E-state index >= 15 is 0 Å². The molecule has 2 aromatic carbocycles. The summed E-state index contributed by atoms with van der Waals surface area (Å²) in [5.74, 6) is -0.283. The van der Waals surface area contributed by atoms with Crippen LogP contribution in [0.25, 0.3) is 11.1 Å². The van der Waals surface area contributed by atoms with Crippen molar-refractivity contribution in [1.29, 1.82) is 0 Å². The molecule has 0 nitrogen and oxygen atoms in total. The summed E-state index contributed by atoms with van der Waals surface area (Å²) in [5, 5.41) is 0. The Labute approximate surface area is 154 Å². The standard InChI is InChI=1S/C21H20F6/c1-14-2-4-15(5-3-14)16-6-8-17(9-7-16)18-10-12-19(13-11-18,20(22,23)24)21(25,26)27/h2-9,18H,10-13H2,1H3. The zero-order chi connectivity index (χ0) is 19.9. The molecular weight excluding hydrogens is 366 g/mol. The summed E-state index contributed by atoms with van der Waals surface area (Å²) in [7, 11) is 0. The van der Waals surface area contributed by atoms with Gasteiger partial charge >= 0.3 is 12.4 Å². The minimum atomic E-state index is -5.27. The van der Waals surface area contributed by atoms with Gasteiger partial charge in [0.15, 0.2) is 5.41 Å². The molecule has 3 rings (SSSR count). The van der Waals surface area contributed by atoms with Gasteiger partial charge in [0.1, 0.15) is 0 Å². The molecule has 0 atom stereocenters. The molecule has 6 heteroatoms. The van der Waals surface area contributed by atoms with Gasteiger partial charge < -0.3 is 0 Å². The lowest BCUT2D eigenvalue weighted by Crippen LogP contribution is -2.51. The topological polar surface area (TPSA) is 0 Å². The summed E-state index contributed by atoms with van der Waals surface area (Å²) in [5.41, 5.74) is 0.343. The minimum Gasteiger partial charge on any atom is -0.170 e. The van der Waals surface area contributed by atoms with E-state index in [1.54, 1.807) is 0 Å². The van der Waals surface area contributed by atoms with Crippen molar-refractivity contribution in [3.8, 4) is 11.1 Å². The molecule has 0 aliphatic heterocycles. The second-order valence-corrected chi connectivity index (χ2v) is 7.34. The SMILES string of the molecule is Cc1ccc(-c2ccc(C3CCC(C(F)(F)F)(C(F)(F)F)CC3)cc2)cc1. The third-order valence-electron chi connectivity index (χ3n) is 5.69. The highest BCUT2D eigenvalue weighted by Gasteiger charge is 2.70. The molecule has 146 valence electrons. The van der Waals surface area contributed by atoms with Crippen LogP contribution in [0.3, 0.4) is 0 Å². The van der Waals surface area contributed by atoms with Crippen molar-refractivity contribution >= 4 is 0 Å². The van der Waals surface area contributed by atoms with Gasteiger partial charge in [-0.3, -0.25) is 0 Å². The Bertz CT molecular complexity index is 744. The first-order valence-electron chi connectivity index (χ1n) is 8.84. The highest BCUT2D eigenvalue weighted by Crippen LogP contribution is 2.60. The fourth-order valence-electron chi connectivity index (χ4n) is 3.87. The Hall–Kier alpha value is -1.98. The Kier molecular flexibility index (Phi) is 5.04. The Morgan fingerprint density at radius 2 is 1.11 bits per heavy atom. The number of benzene rings is 2. The first kappa shape index (κ1) is 19.8. The molecular formula is C21H20F6. The molecule has 0 aromatic heterocycles. The molecule has 0 heterocycles. The van der Waals surface area contributed by atoms with E-state index in [9.17, 15) is 26.3 Å². The third-order valence-corrected chi connectivity index (χ3v) is 5.69. The molecule has 0 unspecified atom stereocenters. The number of hydrogen-bond donors (Lipinski definition) is 0. The lowest BCUT2D eigenvalue weighted by atomic mass is 9.68. The summed E-state index contributed by atoms with van der Waals surface area (Å²) >= 11 is 0. The highest BCUT2D eigenvalue weighted by atomic mass is 19.4. The fraction of sp³-hybridized carbons (Fsp3) is 0.429. The Morgan fingerprint density at radius 1 is 0.704 bits per heavy atom. The van der Waals surface area contributed by atoms with Crippen LogP contribution in [0.5, 0.6) is 0 Å². The van der Waals surface area contributed by atoms with Gasteiger partial charge in [0.05, 0.1) is 0 Å². The summed E-state index contributed by atoms with van der Waals surface area (Å²) in [4.78, 5) is 0. The van der Waals surface area contributed by atoms with Gasteiger partial charge in [-0.25, -0.2) is 0 Å². The van der Waals surface area contributed by atoms with E-state index in [2.05, 4.69) is 0 Å². The average molecular weight is 386 g/mol. The zero-order valence-corrected chi connectivity index (χ0v) is 14.8. The maximum Gasteiger partial charge on any atom is 0.403 e. The van der Waals surface area contributed by atoms with E-state index in [1.165, 1.54) is 0 Å². The lowest BCUT2D eigenvalue weighted by molar-refractivity contribution is -0.350. The summed E-state index contributed by atoms with van der Waals surface area (Å²) in [6.07, 6.45) is -12.6. The number of aryl methyl sites for hydroxylation is 1. The molecule has 0 spiro atoms. The van der Waals surface area contributed by atoms with Gasteiger partial charge in [0.2, 0.25) is 0 Å². The highest BCUT2D eigenvalue weighted by molar-refractivity contribution is 5.64. The maximum absolute atomic E-state index is 13.2. The molecule has 1 saturated carbocycles. The molecule has 2 aromatic rings. The van der Waals surface area contributed by atoms with E-state index in [0.717, 1.165) is 22.3 Å². The smallest absolute Gasteiger partial charge is 0.170 e. The molecule has 0 bridgehead atoms. The third kappa shape index (κ3) is 3.71. The maximum atomic E-state index is 13.2. The fourth-order valence-corrected chi connectivity index (χ4v) is 3.87. The summed E-state index contributed by atoms with van der Waals surface area (Å²) in [6, 6.07) is 15.3. The van der Waals surface area contributed by atoms with E-state index in [4.69, 9.17) is 0 Å². The number of halogens is 6. The van der Waals surface area contributed by atoms with E-state index < -0.39 is 30.6 Å². The molecule has 0 saturated heterocycles. The summed E-state index contributed by atoms with van der Waals surface area (Å²) < 4.78 is 79.0. The first-order valence-corrected chi connectivity index (χ1v) is 8.84. The van der Waals surface area contributed by atoms with Crippen molar-refractivity contribution in [3.63, 3.8) is 0 Å². The normalized spacial score (nSPS) is 18.5. The second kappa shape index (κ2) is 6.88. The van der Waals surface area contributed by atoms with Crippen LogP contribution in [0.1, 0.15) is 42.7 Å². The van der Waals surface area contributed by atoms with Crippen molar-refractivity contribution in [1.82, 2.24) is 0 Å². The lowest BCUT2D eigenvalue weighted by Gasteiger charge is -2.42.